The van der Waals surface area contributed by atoms with Gasteiger partial charge in [-0.1, -0.05) is 18.2 Å². The average Bonchev–Trinajstić information content (AvgIpc) is 2.47. The van der Waals surface area contributed by atoms with Gasteiger partial charge in [-0.15, -0.1) is 0 Å². The molecule has 1 radical (unpaired) electrons. The van der Waals surface area contributed by atoms with E-state index in [1.54, 1.807) is 18.2 Å². The highest BCUT2D eigenvalue weighted by atomic mass is 16.6. The second kappa shape index (κ2) is 5.83. The zero-order chi connectivity index (χ0) is 14.5. The summed E-state index contributed by atoms with van der Waals surface area (Å²) < 4.78 is 10.1. The second-order valence-electron chi connectivity index (χ2n) is 3.74. The Bertz CT molecular complexity index is 639. The largest absolute Gasteiger partial charge is 0.465 e. The number of para-hydroxylation sites is 1. The molecule has 6 heteroatoms. The fourth-order valence-electron chi connectivity index (χ4n) is 1.60. The Morgan fingerprint density at radius 1 is 1.30 bits per heavy atom. The fraction of sp³-hybridized carbons (Fsp3) is 0.0714. The molecule has 0 aromatic heterocycles. The molecule has 0 amide bonds. The van der Waals surface area contributed by atoms with Crippen LogP contribution < -0.4 is 4.74 Å². The van der Waals surface area contributed by atoms with E-state index in [4.69, 9.17) is 4.74 Å². The number of carbonyl (C=O) groups excluding carboxylic acids is 1. The van der Waals surface area contributed by atoms with Crippen LogP contribution in [0.25, 0.3) is 0 Å². The minimum absolute atomic E-state index is 0.00875. The van der Waals surface area contributed by atoms with Crippen molar-refractivity contribution in [2.24, 2.45) is 0 Å². The van der Waals surface area contributed by atoms with Crippen molar-refractivity contribution in [1.29, 1.82) is 0 Å². The first-order valence-electron chi connectivity index (χ1n) is 5.63. The molecule has 0 unspecified atom stereocenters. The number of hydrogen-bond acceptors (Lipinski definition) is 5. The van der Waals surface area contributed by atoms with Gasteiger partial charge < -0.3 is 9.47 Å². The van der Waals surface area contributed by atoms with E-state index in [2.05, 4.69) is 10.8 Å². The predicted molar refractivity (Wildman–Crippen MR) is 69.8 cm³/mol. The van der Waals surface area contributed by atoms with E-state index in [0.29, 0.717) is 5.75 Å². The maximum absolute atomic E-state index is 11.7. The molecule has 0 atom stereocenters. The Morgan fingerprint density at radius 3 is 2.70 bits per heavy atom. The molecule has 20 heavy (non-hydrogen) atoms. The number of rotatable bonds is 4. The van der Waals surface area contributed by atoms with E-state index in [0.717, 1.165) is 0 Å². The summed E-state index contributed by atoms with van der Waals surface area (Å²) in [7, 11) is 1.20. The van der Waals surface area contributed by atoms with E-state index in [-0.39, 0.29) is 17.0 Å². The lowest BCUT2D eigenvalue weighted by molar-refractivity contribution is -0.385. The number of methoxy groups -OCH3 is 1. The number of hydrogen-bond donors (Lipinski definition) is 0. The van der Waals surface area contributed by atoms with Gasteiger partial charge in [0.25, 0.3) is 0 Å². The third-order valence-electron chi connectivity index (χ3n) is 2.49. The SMILES string of the molecule is COC(=O)c1cccc([N+](=O)[O-])c1Oc1c[c]ccc1. The Morgan fingerprint density at radius 2 is 2.10 bits per heavy atom. The van der Waals surface area contributed by atoms with Crippen molar-refractivity contribution < 1.29 is 19.2 Å². The standard InChI is InChI=1S/C14H10NO5/c1-19-14(16)11-8-5-9-12(15(17)18)13(11)20-10-6-3-2-4-7-10/h2-3,5-9H,1H3. The topological polar surface area (TPSA) is 78.7 Å². The Kier molecular flexibility index (Phi) is 3.95. The maximum Gasteiger partial charge on any atom is 0.341 e. The highest BCUT2D eigenvalue weighted by molar-refractivity contribution is 5.94. The van der Waals surface area contributed by atoms with Crippen LogP contribution in [-0.4, -0.2) is 18.0 Å². The third-order valence-corrected chi connectivity index (χ3v) is 2.49. The smallest absolute Gasteiger partial charge is 0.341 e. The summed E-state index contributed by atoms with van der Waals surface area (Å²) in [6.45, 7) is 0. The number of nitro groups is 1. The molecule has 0 N–H and O–H groups in total. The first-order chi connectivity index (χ1) is 9.63. The molecular weight excluding hydrogens is 262 g/mol. The second-order valence-corrected chi connectivity index (χ2v) is 3.74. The summed E-state index contributed by atoms with van der Waals surface area (Å²) in [5, 5.41) is 11.0. The van der Waals surface area contributed by atoms with Crippen molar-refractivity contribution in [2.45, 2.75) is 0 Å². The molecule has 0 fully saturated rings. The maximum atomic E-state index is 11.7. The molecule has 6 nitrogen and oxygen atoms in total. The van der Waals surface area contributed by atoms with Gasteiger partial charge in [-0.3, -0.25) is 10.1 Å². The fourth-order valence-corrected chi connectivity index (χ4v) is 1.60. The minimum atomic E-state index is -0.705. The van der Waals surface area contributed by atoms with Crippen molar-refractivity contribution in [3.05, 3.63) is 64.2 Å². The summed E-state index contributed by atoms with van der Waals surface area (Å²) in [5.74, 6) is -0.514. The van der Waals surface area contributed by atoms with Crippen molar-refractivity contribution in [1.82, 2.24) is 0 Å². The molecule has 2 rings (SSSR count). The lowest BCUT2D eigenvalue weighted by Crippen LogP contribution is -2.05. The molecule has 2 aromatic carbocycles. The van der Waals surface area contributed by atoms with Gasteiger partial charge in [0.15, 0.2) is 0 Å². The average molecular weight is 272 g/mol. The Balaban J connectivity index is 2.52. The van der Waals surface area contributed by atoms with Crippen LogP contribution in [-0.2, 0) is 4.74 Å². The van der Waals surface area contributed by atoms with Crippen LogP contribution in [0, 0.1) is 16.2 Å². The summed E-state index contributed by atoms with van der Waals surface area (Å²) >= 11 is 0. The molecule has 101 valence electrons. The van der Waals surface area contributed by atoms with Gasteiger partial charge in [0.1, 0.15) is 11.3 Å². The van der Waals surface area contributed by atoms with E-state index in [9.17, 15) is 14.9 Å². The summed E-state index contributed by atoms with van der Waals surface area (Å²) in [5.41, 5.74) is -0.317. The van der Waals surface area contributed by atoms with Crippen molar-refractivity contribution in [2.75, 3.05) is 7.11 Å². The molecule has 0 saturated carbocycles. The van der Waals surface area contributed by atoms with Crippen LogP contribution in [0.15, 0.2) is 42.5 Å². The highest BCUT2D eigenvalue weighted by Gasteiger charge is 2.24. The number of carbonyl (C=O) groups is 1. The zero-order valence-electron chi connectivity index (χ0n) is 10.5. The van der Waals surface area contributed by atoms with Gasteiger partial charge >= 0.3 is 11.7 Å². The molecule has 2 aromatic rings. The van der Waals surface area contributed by atoms with Gasteiger partial charge in [-0.2, -0.15) is 0 Å². The highest BCUT2D eigenvalue weighted by Crippen LogP contribution is 2.35. The molecule has 0 spiro atoms. The number of esters is 1. The van der Waals surface area contributed by atoms with Gasteiger partial charge in [0.05, 0.1) is 12.0 Å². The van der Waals surface area contributed by atoms with Crippen LogP contribution in [0.3, 0.4) is 0 Å². The molecule has 0 aliphatic rings. The molecule has 0 aliphatic carbocycles. The molecular formula is C14H10NO5. The third kappa shape index (κ3) is 2.74. The summed E-state index contributed by atoms with van der Waals surface area (Å²) in [4.78, 5) is 22.1. The lowest BCUT2D eigenvalue weighted by atomic mass is 10.1. The van der Waals surface area contributed by atoms with E-state index in [1.165, 1.54) is 31.4 Å². The van der Waals surface area contributed by atoms with Crippen LogP contribution in [0.2, 0.25) is 0 Å². The van der Waals surface area contributed by atoms with Crippen molar-refractivity contribution >= 4 is 11.7 Å². The Labute approximate surface area is 114 Å². The number of ether oxygens (including phenoxy) is 2. The van der Waals surface area contributed by atoms with Crippen molar-refractivity contribution in [3.63, 3.8) is 0 Å². The predicted octanol–water partition coefficient (Wildman–Crippen LogP) is 2.97. The van der Waals surface area contributed by atoms with Crippen molar-refractivity contribution in [3.8, 4) is 11.5 Å². The minimum Gasteiger partial charge on any atom is -0.465 e. The van der Waals surface area contributed by atoms with Gasteiger partial charge in [0.2, 0.25) is 5.75 Å². The van der Waals surface area contributed by atoms with Gasteiger partial charge in [-0.05, 0) is 24.3 Å². The van der Waals surface area contributed by atoms with Gasteiger partial charge in [0, 0.05) is 6.07 Å². The molecule has 0 heterocycles. The monoisotopic (exact) mass is 272 g/mol. The number of nitrogens with zero attached hydrogens (tertiary/aromatic N) is 1. The molecule has 0 saturated heterocycles. The number of benzene rings is 2. The van der Waals surface area contributed by atoms with Gasteiger partial charge in [-0.25, -0.2) is 4.79 Å². The quantitative estimate of drug-likeness (QED) is 0.485. The summed E-state index contributed by atoms with van der Waals surface area (Å²) in [6.07, 6.45) is 0. The van der Waals surface area contributed by atoms with Crippen LogP contribution >= 0.6 is 0 Å². The van der Waals surface area contributed by atoms with E-state index < -0.39 is 10.9 Å². The van der Waals surface area contributed by atoms with E-state index >= 15 is 0 Å². The molecule has 0 bridgehead atoms. The van der Waals surface area contributed by atoms with Crippen LogP contribution in [0.4, 0.5) is 5.69 Å². The lowest BCUT2D eigenvalue weighted by Gasteiger charge is -2.09. The normalized spacial score (nSPS) is 9.85. The zero-order valence-corrected chi connectivity index (χ0v) is 10.5. The number of nitro benzene ring substituents is 1. The Hall–Kier alpha value is -2.89. The van der Waals surface area contributed by atoms with Crippen LogP contribution in [0.5, 0.6) is 11.5 Å². The van der Waals surface area contributed by atoms with E-state index in [1.807, 2.05) is 0 Å². The first kappa shape index (κ1) is 13.5. The summed E-state index contributed by atoms with van der Waals surface area (Å²) in [6, 6.07) is 13.3. The molecule has 0 aliphatic heterocycles. The first-order valence-corrected chi connectivity index (χ1v) is 5.63. The van der Waals surface area contributed by atoms with Crippen LogP contribution in [0.1, 0.15) is 10.4 Å².